The Balaban J connectivity index is 1.58. The third-order valence-electron chi connectivity index (χ3n) is 4.40. The number of aromatic nitrogens is 2. The van der Waals surface area contributed by atoms with Crippen molar-refractivity contribution in [2.45, 2.75) is 45.6 Å². The van der Waals surface area contributed by atoms with Crippen LogP contribution in [0.15, 0.2) is 36.7 Å². The summed E-state index contributed by atoms with van der Waals surface area (Å²) in [4.78, 5) is 20.9. The van der Waals surface area contributed by atoms with E-state index in [2.05, 4.69) is 20.6 Å². The molecule has 3 rings (SSSR count). The summed E-state index contributed by atoms with van der Waals surface area (Å²) >= 11 is 0. The van der Waals surface area contributed by atoms with Crippen molar-refractivity contribution in [3.63, 3.8) is 0 Å². The molecule has 0 aliphatic heterocycles. The number of hydrogen-bond donors (Lipinski definition) is 2. The zero-order valence-electron chi connectivity index (χ0n) is 14.1. The maximum absolute atomic E-state index is 12.4. The van der Waals surface area contributed by atoms with Crippen LogP contribution in [0.3, 0.4) is 0 Å². The van der Waals surface area contributed by atoms with Gasteiger partial charge < -0.3 is 10.6 Å². The van der Waals surface area contributed by atoms with Gasteiger partial charge in [-0.05, 0) is 37.5 Å². The van der Waals surface area contributed by atoms with Gasteiger partial charge in [0, 0.05) is 24.3 Å². The summed E-state index contributed by atoms with van der Waals surface area (Å²) < 4.78 is 0. The molecular weight excluding hydrogens is 300 g/mol. The second-order valence-corrected chi connectivity index (χ2v) is 6.42. The molecule has 1 aromatic carbocycles. The Morgan fingerprint density at radius 1 is 1.21 bits per heavy atom. The lowest BCUT2D eigenvalue weighted by atomic mass is 9.88. The first-order valence-corrected chi connectivity index (χ1v) is 8.63. The van der Waals surface area contributed by atoms with Gasteiger partial charge in [-0.25, -0.2) is 4.98 Å². The van der Waals surface area contributed by atoms with Crippen LogP contribution in [0, 0.1) is 12.8 Å². The molecule has 5 nitrogen and oxygen atoms in total. The van der Waals surface area contributed by atoms with Crippen LogP contribution in [0.25, 0.3) is 0 Å². The first kappa shape index (κ1) is 16.4. The van der Waals surface area contributed by atoms with Crippen molar-refractivity contribution in [1.29, 1.82) is 0 Å². The van der Waals surface area contributed by atoms with E-state index in [0.717, 1.165) is 35.6 Å². The topological polar surface area (TPSA) is 66.9 Å². The van der Waals surface area contributed by atoms with E-state index in [4.69, 9.17) is 0 Å². The third-order valence-corrected chi connectivity index (χ3v) is 4.40. The fourth-order valence-corrected chi connectivity index (χ4v) is 3.11. The molecule has 0 radical (unpaired) electrons. The monoisotopic (exact) mass is 324 g/mol. The first-order valence-electron chi connectivity index (χ1n) is 8.63. The normalized spacial score (nSPS) is 15.0. The van der Waals surface area contributed by atoms with E-state index >= 15 is 0 Å². The number of carbonyl (C=O) groups is 1. The smallest absolute Gasteiger partial charge is 0.227 e. The Hall–Kier alpha value is -2.43. The van der Waals surface area contributed by atoms with Crippen molar-refractivity contribution in [2.75, 3.05) is 10.6 Å². The number of anilines is 2. The summed E-state index contributed by atoms with van der Waals surface area (Å²) in [5.74, 6) is 1.08. The molecule has 1 aromatic heterocycles. The number of benzene rings is 1. The molecule has 0 spiro atoms. The van der Waals surface area contributed by atoms with E-state index in [1.807, 2.05) is 31.2 Å². The Bertz CT molecular complexity index is 695. The summed E-state index contributed by atoms with van der Waals surface area (Å²) in [5.41, 5.74) is 2.84. The highest BCUT2D eigenvalue weighted by atomic mass is 16.1. The highest BCUT2D eigenvalue weighted by molar-refractivity contribution is 5.92. The van der Waals surface area contributed by atoms with Crippen molar-refractivity contribution < 1.29 is 4.79 Å². The zero-order chi connectivity index (χ0) is 16.8. The van der Waals surface area contributed by atoms with E-state index < -0.39 is 0 Å². The van der Waals surface area contributed by atoms with Crippen LogP contribution in [0.1, 0.15) is 43.4 Å². The Morgan fingerprint density at radius 2 is 2.04 bits per heavy atom. The number of aryl methyl sites for hydroxylation is 1. The molecule has 1 aliphatic carbocycles. The molecule has 0 bridgehead atoms. The fraction of sp³-hybridized carbons (Fsp3) is 0.421. The molecule has 5 heteroatoms. The lowest BCUT2D eigenvalue weighted by Crippen LogP contribution is -2.24. The quantitative estimate of drug-likeness (QED) is 0.875. The maximum atomic E-state index is 12.4. The molecule has 1 fully saturated rings. The van der Waals surface area contributed by atoms with Gasteiger partial charge in [-0.15, -0.1) is 0 Å². The van der Waals surface area contributed by atoms with Gasteiger partial charge in [0.05, 0.1) is 11.9 Å². The number of hydrogen-bond acceptors (Lipinski definition) is 4. The van der Waals surface area contributed by atoms with Crippen molar-refractivity contribution >= 4 is 17.4 Å². The maximum Gasteiger partial charge on any atom is 0.227 e. The van der Waals surface area contributed by atoms with Crippen LogP contribution in [0.4, 0.5) is 11.5 Å². The predicted molar refractivity (Wildman–Crippen MR) is 95.7 cm³/mol. The average Bonchev–Trinajstić information content (AvgIpc) is 2.61. The Kier molecular flexibility index (Phi) is 5.41. The van der Waals surface area contributed by atoms with Crippen molar-refractivity contribution in [3.8, 4) is 0 Å². The highest BCUT2D eigenvalue weighted by Gasteiger charge is 2.20. The van der Waals surface area contributed by atoms with Crippen LogP contribution in [0.5, 0.6) is 0 Å². The van der Waals surface area contributed by atoms with E-state index in [0.29, 0.717) is 6.54 Å². The zero-order valence-corrected chi connectivity index (χ0v) is 14.1. The molecule has 1 amide bonds. The van der Waals surface area contributed by atoms with Gasteiger partial charge in [0.1, 0.15) is 5.82 Å². The molecule has 1 heterocycles. The van der Waals surface area contributed by atoms with Gasteiger partial charge in [-0.3, -0.25) is 9.78 Å². The fourth-order valence-electron chi connectivity index (χ4n) is 3.11. The number of nitrogens with one attached hydrogen (secondary N) is 2. The summed E-state index contributed by atoms with van der Waals surface area (Å²) in [7, 11) is 0. The van der Waals surface area contributed by atoms with E-state index in [-0.39, 0.29) is 11.8 Å². The molecule has 2 aromatic rings. The molecule has 0 atom stereocenters. The summed E-state index contributed by atoms with van der Waals surface area (Å²) in [6.45, 7) is 2.56. The van der Waals surface area contributed by atoms with Gasteiger partial charge in [0.2, 0.25) is 5.91 Å². The van der Waals surface area contributed by atoms with Crippen LogP contribution in [-0.4, -0.2) is 15.9 Å². The van der Waals surface area contributed by atoms with Crippen LogP contribution in [0.2, 0.25) is 0 Å². The average molecular weight is 324 g/mol. The van der Waals surface area contributed by atoms with E-state index in [1.165, 1.54) is 19.3 Å². The third kappa shape index (κ3) is 4.54. The SMILES string of the molecule is Cc1cncc(NCc2cccc(NC(=O)C3CCCCC3)c2)n1. The molecule has 24 heavy (non-hydrogen) atoms. The van der Waals surface area contributed by atoms with Gasteiger partial charge in [-0.2, -0.15) is 0 Å². The standard InChI is InChI=1S/C19H24N4O/c1-14-11-20-13-18(22-14)21-12-15-6-5-9-17(10-15)23-19(24)16-7-3-2-4-8-16/h5-6,9-11,13,16H,2-4,7-8,12H2,1H3,(H,21,22)(H,23,24). The molecular formula is C19H24N4O. The molecule has 126 valence electrons. The predicted octanol–water partition coefficient (Wildman–Crippen LogP) is 3.92. The molecule has 0 unspecified atom stereocenters. The summed E-state index contributed by atoms with van der Waals surface area (Å²) in [5, 5.41) is 6.32. The lowest BCUT2D eigenvalue weighted by molar-refractivity contribution is -0.120. The van der Waals surface area contributed by atoms with Crippen molar-refractivity contribution in [2.24, 2.45) is 5.92 Å². The lowest BCUT2D eigenvalue weighted by Gasteiger charge is -2.20. The largest absolute Gasteiger partial charge is 0.365 e. The van der Waals surface area contributed by atoms with Gasteiger partial charge >= 0.3 is 0 Å². The molecule has 2 N–H and O–H groups in total. The van der Waals surface area contributed by atoms with Gasteiger partial charge in [-0.1, -0.05) is 31.4 Å². The number of rotatable bonds is 5. The highest BCUT2D eigenvalue weighted by Crippen LogP contribution is 2.25. The number of nitrogens with zero attached hydrogens (tertiary/aromatic N) is 2. The second-order valence-electron chi connectivity index (χ2n) is 6.42. The van der Waals surface area contributed by atoms with Gasteiger partial charge in [0.15, 0.2) is 0 Å². The minimum Gasteiger partial charge on any atom is -0.365 e. The number of carbonyl (C=O) groups excluding carboxylic acids is 1. The number of amides is 1. The Morgan fingerprint density at radius 3 is 2.83 bits per heavy atom. The van der Waals surface area contributed by atoms with Crippen LogP contribution >= 0.6 is 0 Å². The minimum atomic E-state index is 0.157. The van der Waals surface area contributed by atoms with Gasteiger partial charge in [0.25, 0.3) is 0 Å². The van der Waals surface area contributed by atoms with Crippen molar-refractivity contribution in [3.05, 3.63) is 47.9 Å². The minimum absolute atomic E-state index is 0.157. The second kappa shape index (κ2) is 7.90. The van der Waals surface area contributed by atoms with Crippen LogP contribution in [-0.2, 0) is 11.3 Å². The molecule has 0 saturated heterocycles. The summed E-state index contributed by atoms with van der Waals surface area (Å²) in [6, 6.07) is 7.95. The molecule has 1 aliphatic rings. The molecule has 1 saturated carbocycles. The van der Waals surface area contributed by atoms with Crippen molar-refractivity contribution in [1.82, 2.24) is 9.97 Å². The first-order chi connectivity index (χ1) is 11.7. The van der Waals surface area contributed by atoms with E-state index in [1.54, 1.807) is 12.4 Å². The Labute approximate surface area is 142 Å². The van der Waals surface area contributed by atoms with Crippen LogP contribution < -0.4 is 10.6 Å². The van der Waals surface area contributed by atoms with E-state index in [9.17, 15) is 4.79 Å². The summed E-state index contributed by atoms with van der Waals surface area (Å²) in [6.07, 6.45) is 9.05.